The van der Waals surface area contributed by atoms with E-state index in [-0.39, 0.29) is 6.04 Å². The largest absolute Gasteiger partial charge is 0.446 e. The van der Waals surface area contributed by atoms with Crippen LogP contribution in [0.25, 0.3) is 23.0 Å². The van der Waals surface area contributed by atoms with E-state index in [2.05, 4.69) is 38.2 Å². The SMILES string of the molecule is NC1CCCc2cc(-c3nc(-c4ccc(Br)o4)no3)ccc21. The predicted molar refractivity (Wildman–Crippen MR) is 85.0 cm³/mol. The minimum atomic E-state index is 0.136. The molecule has 2 heterocycles. The van der Waals surface area contributed by atoms with Crippen LogP contribution in [0.1, 0.15) is 30.0 Å². The number of benzene rings is 1. The summed E-state index contributed by atoms with van der Waals surface area (Å²) in [5, 5.41) is 3.98. The molecule has 0 radical (unpaired) electrons. The minimum absolute atomic E-state index is 0.136. The van der Waals surface area contributed by atoms with Crippen molar-refractivity contribution in [2.75, 3.05) is 0 Å². The van der Waals surface area contributed by atoms with Gasteiger partial charge in [-0.15, -0.1) is 0 Å². The molecule has 0 bridgehead atoms. The van der Waals surface area contributed by atoms with Gasteiger partial charge in [-0.25, -0.2) is 0 Å². The summed E-state index contributed by atoms with van der Waals surface area (Å²) in [6.07, 6.45) is 3.21. The van der Waals surface area contributed by atoms with Crippen LogP contribution in [0.15, 0.2) is 43.9 Å². The minimum Gasteiger partial charge on any atom is -0.446 e. The second kappa shape index (κ2) is 5.37. The van der Waals surface area contributed by atoms with Gasteiger partial charge in [-0.1, -0.05) is 11.2 Å². The Hall–Kier alpha value is -1.92. The van der Waals surface area contributed by atoms with Gasteiger partial charge >= 0.3 is 0 Å². The number of nitrogens with two attached hydrogens (primary N) is 1. The van der Waals surface area contributed by atoms with E-state index in [0.29, 0.717) is 22.1 Å². The average Bonchev–Trinajstić information content (AvgIpc) is 3.16. The third kappa shape index (κ3) is 2.38. The standard InChI is InChI=1S/C16H14BrN3O2/c17-14-7-6-13(21-14)15-19-16(22-20-15)10-4-5-11-9(8-10)2-1-3-12(11)18/h4-8,12H,1-3,18H2. The molecule has 0 aliphatic heterocycles. The summed E-state index contributed by atoms with van der Waals surface area (Å²) in [5.74, 6) is 1.50. The molecule has 4 rings (SSSR count). The van der Waals surface area contributed by atoms with Gasteiger partial charge in [0.15, 0.2) is 10.4 Å². The lowest BCUT2D eigenvalue weighted by Crippen LogP contribution is -2.17. The van der Waals surface area contributed by atoms with Crippen LogP contribution in [0, 0.1) is 0 Å². The molecular formula is C16H14BrN3O2. The van der Waals surface area contributed by atoms with E-state index in [4.69, 9.17) is 14.7 Å². The van der Waals surface area contributed by atoms with Gasteiger partial charge in [-0.05, 0) is 70.6 Å². The van der Waals surface area contributed by atoms with E-state index < -0.39 is 0 Å². The van der Waals surface area contributed by atoms with Gasteiger partial charge < -0.3 is 14.7 Å². The Labute approximate surface area is 135 Å². The summed E-state index contributed by atoms with van der Waals surface area (Å²) in [5.41, 5.74) is 9.56. The molecule has 5 nitrogen and oxygen atoms in total. The second-order valence-corrected chi connectivity index (χ2v) is 6.22. The molecule has 22 heavy (non-hydrogen) atoms. The lowest BCUT2D eigenvalue weighted by Gasteiger charge is -2.22. The van der Waals surface area contributed by atoms with Gasteiger partial charge in [-0.2, -0.15) is 4.98 Å². The van der Waals surface area contributed by atoms with Gasteiger partial charge in [0, 0.05) is 11.6 Å². The maximum absolute atomic E-state index is 6.15. The summed E-state index contributed by atoms with van der Waals surface area (Å²) in [6, 6.07) is 9.89. The molecular weight excluding hydrogens is 346 g/mol. The Balaban J connectivity index is 1.69. The number of nitrogens with zero attached hydrogens (tertiary/aromatic N) is 2. The molecule has 1 aromatic carbocycles. The zero-order chi connectivity index (χ0) is 15.1. The predicted octanol–water partition coefficient (Wildman–Crippen LogP) is 4.10. The van der Waals surface area contributed by atoms with E-state index in [9.17, 15) is 0 Å². The summed E-state index contributed by atoms with van der Waals surface area (Å²) in [7, 11) is 0. The number of fused-ring (bicyclic) bond motifs is 1. The van der Waals surface area contributed by atoms with Crippen LogP contribution in [0.3, 0.4) is 0 Å². The Morgan fingerprint density at radius 1 is 1.23 bits per heavy atom. The molecule has 0 fully saturated rings. The van der Waals surface area contributed by atoms with Crippen LogP contribution in [0.2, 0.25) is 0 Å². The van der Waals surface area contributed by atoms with Crippen molar-refractivity contribution in [1.82, 2.24) is 10.1 Å². The first-order valence-corrected chi connectivity index (χ1v) is 7.98. The highest BCUT2D eigenvalue weighted by Crippen LogP contribution is 2.32. The smallest absolute Gasteiger partial charge is 0.258 e. The Morgan fingerprint density at radius 2 is 2.14 bits per heavy atom. The summed E-state index contributed by atoms with van der Waals surface area (Å²) in [6.45, 7) is 0. The topological polar surface area (TPSA) is 78.1 Å². The zero-order valence-corrected chi connectivity index (χ0v) is 13.3. The summed E-state index contributed by atoms with van der Waals surface area (Å²) >= 11 is 3.26. The first kappa shape index (κ1) is 13.7. The molecule has 112 valence electrons. The molecule has 2 N–H and O–H groups in total. The molecule has 2 aromatic heterocycles. The summed E-state index contributed by atoms with van der Waals surface area (Å²) in [4.78, 5) is 4.41. The Bertz CT molecular complexity index is 824. The van der Waals surface area contributed by atoms with E-state index in [0.717, 1.165) is 24.8 Å². The van der Waals surface area contributed by atoms with Crippen molar-refractivity contribution in [2.45, 2.75) is 25.3 Å². The van der Waals surface area contributed by atoms with E-state index in [1.807, 2.05) is 6.07 Å². The molecule has 1 unspecified atom stereocenters. The fraction of sp³-hybridized carbons (Fsp3) is 0.250. The number of hydrogen-bond acceptors (Lipinski definition) is 5. The van der Waals surface area contributed by atoms with Crippen LogP contribution < -0.4 is 5.73 Å². The highest BCUT2D eigenvalue weighted by Gasteiger charge is 2.19. The lowest BCUT2D eigenvalue weighted by molar-refractivity contribution is 0.429. The maximum atomic E-state index is 6.15. The van der Waals surface area contributed by atoms with Crippen molar-refractivity contribution in [2.24, 2.45) is 5.73 Å². The monoisotopic (exact) mass is 359 g/mol. The first-order chi connectivity index (χ1) is 10.7. The highest BCUT2D eigenvalue weighted by molar-refractivity contribution is 9.10. The van der Waals surface area contributed by atoms with Crippen LogP contribution >= 0.6 is 15.9 Å². The molecule has 0 amide bonds. The van der Waals surface area contributed by atoms with E-state index in [1.165, 1.54) is 11.1 Å². The average molecular weight is 360 g/mol. The number of furan rings is 1. The lowest BCUT2D eigenvalue weighted by atomic mass is 9.87. The van der Waals surface area contributed by atoms with Crippen LogP contribution in [0.5, 0.6) is 0 Å². The van der Waals surface area contributed by atoms with Gasteiger partial charge in [0.1, 0.15) is 0 Å². The molecule has 1 aliphatic carbocycles. The Kier molecular flexibility index (Phi) is 3.35. The fourth-order valence-corrected chi connectivity index (χ4v) is 3.17. The molecule has 1 aliphatic rings. The first-order valence-electron chi connectivity index (χ1n) is 7.19. The van der Waals surface area contributed by atoms with Crippen molar-refractivity contribution < 1.29 is 8.94 Å². The number of hydrogen-bond donors (Lipinski definition) is 1. The van der Waals surface area contributed by atoms with E-state index >= 15 is 0 Å². The van der Waals surface area contributed by atoms with Crippen molar-refractivity contribution in [3.8, 4) is 23.0 Å². The van der Waals surface area contributed by atoms with Gasteiger partial charge in [-0.3, -0.25) is 0 Å². The number of aromatic nitrogens is 2. The highest BCUT2D eigenvalue weighted by atomic mass is 79.9. The van der Waals surface area contributed by atoms with Crippen molar-refractivity contribution in [1.29, 1.82) is 0 Å². The molecule has 0 saturated carbocycles. The van der Waals surface area contributed by atoms with Crippen LogP contribution in [-0.2, 0) is 6.42 Å². The molecule has 3 aromatic rings. The molecule has 0 spiro atoms. The van der Waals surface area contributed by atoms with Crippen molar-refractivity contribution in [3.05, 3.63) is 46.1 Å². The quantitative estimate of drug-likeness (QED) is 0.745. The van der Waals surface area contributed by atoms with Gasteiger partial charge in [0.25, 0.3) is 5.89 Å². The van der Waals surface area contributed by atoms with Crippen molar-refractivity contribution >= 4 is 15.9 Å². The maximum Gasteiger partial charge on any atom is 0.258 e. The summed E-state index contributed by atoms with van der Waals surface area (Å²) < 4.78 is 11.4. The van der Waals surface area contributed by atoms with Gasteiger partial charge in [0.05, 0.1) is 0 Å². The number of aryl methyl sites for hydroxylation is 1. The fourth-order valence-electron chi connectivity index (χ4n) is 2.86. The van der Waals surface area contributed by atoms with Crippen molar-refractivity contribution in [3.63, 3.8) is 0 Å². The third-order valence-electron chi connectivity index (χ3n) is 3.97. The second-order valence-electron chi connectivity index (χ2n) is 5.44. The molecule has 0 saturated heterocycles. The molecule has 6 heteroatoms. The zero-order valence-electron chi connectivity index (χ0n) is 11.8. The third-order valence-corrected chi connectivity index (χ3v) is 4.40. The van der Waals surface area contributed by atoms with Crippen LogP contribution in [0.4, 0.5) is 0 Å². The van der Waals surface area contributed by atoms with E-state index in [1.54, 1.807) is 12.1 Å². The van der Waals surface area contributed by atoms with Crippen LogP contribution in [-0.4, -0.2) is 10.1 Å². The normalized spacial score (nSPS) is 17.5. The number of halogens is 1. The number of rotatable bonds is 2. The Morgan fingerprint density at radius 3 is 2.95 bits per heavy atom. The molecule has 1 atom stereocenters. The van der Waals surface area contributed by atoms with Gasteiger partial charge in [0.2, 0.25) is 5.82 Å².